The second kappa shape index (κ2) is 15.2. The average Bonchev–Trinajstić information content (AvgIpc) is 3.84. The minimum atomic E-state index is -4.52. The number of piperidine rings is 1. The fraction of sp³-hybridized carbons (Fsp3) is 0.581. The maximum atomic E-state index is 13.4. The van der Waals surface area contributed by atoms with Crippen LogP contribution < -0.4 is 14.2 Å². The van der Waals surface area contributed by atoms with E-state index in [-0.39, 0.29) is 55.1 Å². The Morgan fingerprint density at radius 3 is 2.71 bits per heavy atom. The summed E-state index contributed by atoms with van der Waals surface area (Å²) in [4.78, 5) is 28.9. The van der Waals surface area contributed by atoms with Crippen molar-refractivity contribution in [3.8, 4) is 17.2 Å². The van der Waals surface area contributed by atoms with E-state index < -0.39 is 59.1 Å². The highest BCUT2D eigenvalue weighted by molar-refractivity contribution is 5.90. The van der Waals surface area contributed by atoms with Crippen LogP contribution in [-0.2, 0) is 27.6 Å². The lowest BCUT2D eigenvalue weighted by Crippen LogP contribution is -2.76. The van der Waals surface area contributed by atoms with Crippen LogP contribution in [0.1, 0.15) is 80.9 Å². The first kappa shape index (κ1) is 39.1. The lowest BCUT2D eigenvalue weighted by atomic mass is 9.49. The SMILES string of the molecule is O=C(CCC/C=C\C[C@@H]1[C@@H](/C=C/[C@@H](O)COc2cccc(C(F)(F)F)c2)[C@H](O)C[C@@H]1O)Oc1ccc2c3c1O[C@H]1C(=O)CC[C@@]4(O)[C@@H](C2)N(CC2CC2)CCC314. The zero-order valence-electron chi connectivity index (χ0n) is 31.2. The molecule has 6 aliphatic rings. The van der Waals surface area contributed by atoms with Crippen molar-refractivity contribution in [1.82, 2.24) is 4.90 Å². The van der Waals surface area contributed by atoms with E-state index >= 15 is 0 Å². The molecule has 1 unspecified atom stereocenters. The van der Waals surface area contributed by atoms with Gasteiger partial charge in [-0.2, -0.15) is 13.2 Å². The van der Waals surface area contributed by atoms with E-state index in [0.29, 0.717) is 50.2 Å². The first-order valence-corrected chi connectivity index (χ1v) is 20.0. The number of carbonyl (C=O) groups is 2. The molecule has 1 saturated heterocycles. The predicted molar refractivity (Wildman–Crippen MR) is 197 cm³/mol. The molecule has 3 saturated carbocycles. The van der Waals surface area contributed by atoms with Crippen molar-refractivity contribution in [2.75, 3.05) is 19.7 Å². The predicted octanol–water partition coefficient (Wildman–Crippen LogP) is 5.21. The molecule has 4 fully saturated rings. The monoisotopic (exact) mass is 781 g/mol. The number of aliphatic hydroxyl groups excluding tert-OH is 3. The van der Waals surface area contributed by atoms with Crippen LogP contribution in [0.25, 0.3) is 0 Å². The number of rotatable bonds is 14. The van der Waals surface area contributed by atoms with Gasteiger partial charge in [0.2, 0.25) is 0 Å². The van der Waals surface area contributed by atoms with Gasteiger partial charge in [-0.05, 0) is 99.6 Å². The second-order valence-electron chi connectivity index (χ2n) is 16.7. The third-order valence-corrected chi connectivity index (χ3v) is 13.1. The van der Waals surface area contributed by atoms with E-state index in [1.165, 1.54) is 31.1 Å². The standard InChI is InChI=1S/C43H50F3NO9/c44-43(45,46)27-6-5-7-29(21-27)54-24-28(48)13-14-31-30(33(50)22-34(31)51)8-3-1-2-4-9-37(52)55-35-15-12-26-20-36-42(53)17-16-32(49)40-41(42,38(26)39(35)56-40)18-19-47(36)23-25-10-11-25/h1,3,5-7,12-15,21,25,28,30-31,33-34,36,40,48,50-51,53H,2,4,8-11,16-20,22-24H2/b3-1-,14-13+/t28-,30-,31-,33+,34-,36-,40+,41?,42-/m1/s1. The molecule has 0 aromatic heterocycles. The Labute approximate surface area is 323 Å². The first-order chi connectivity index (χ1) is 26.8. The average molecular weight is 782 g/mol. The van der Waals surface area contributed by atoms with Crippen molar-refractivity contribution in [2.24, 2.45) is 17.8 Å². The van der Waals surface area contributed by atoms with Gasteiger partial charge in [0, 0.05) is 43.3 Å². The van der Waals surface area contributed by atoms with Crippen LogP contribution in [0.5, 0.6) is 17.2 Å². The summed E-state index contributed by atoms with van der Waals surface area (Å²) in [6.45, 7) is 1.47. The van der Waals surface area contributed by atoms with Gasteiger partial charge in [0.05, 0.1) is 28.8 Å². The molecule has 302 valence electrons. The molecule has 2 aliphatic heterocycles. The number of alkyl halides is 3. The van der Waals surface area contributed by atoms with E-state index in [0.717, 1.165) is 36.3 Å². The molecule has 8 rings (SSSR count). The minimum Gasteiger partial charge on any atom is -0.491 e. The highest BCUT2D eigenvalue weighted by Gasteiger charge is 2.73. The molecule has 56 heavy (non-hydrogen) atoms. The molecule has 2 aromatic carbocycles. The summed E-state index contributed by atoms with van der Waals surface area (Å²) in [6.07, 6.45) is 4.96. The van der Waals surface area contributed by atoms with Crippen LogP contribution in [-0.4, -0.2) is 92.8 Å². The van der Waals surface area contributed by atoms with Crippen LogP contribution in [0.2, 0.25) is 0 Å². The largest absolute Gasteiger partial charge is 0.491 e. The first-order valence-electron chi connectivity index (χ1n) is 20.0. The Bertz CT molecular complexity index is 1880. The number of hydrogen-bond donors (Lipinski definition) is 4. The highest BCUT2D eigenvalue weighted by Crippen LogP contribution is 2.65. The number of aliphatic hydroxyl groups is 4. The second-order valence-corrected chi connectivity index (χ2v) is 16.7. The van der Waals surface area contributed by atoms with Gasteiger partial charge in [-0.15, -0.1) is 0 Å². The van der Waals surface area contributed by atoms with Gasteiger partial charge in [0.25, 0.3) is 0 Å². The maximum Gasteiger partial charge on any atom is 0.416 e. The molecule has 2 bridgehead atoms. The Morgan fingerprint density at radius 2 is 1.93 bits per heavy atom. The number of Topliss-reactive ketones (excluding diaryl/α,β-unsaturated/α-hetero) is 1. The van der Waals surface area contributed by atoms with Crippen molar-refractivity contribution in [3.05, 3.63) is 77.4 Å². The van der Waals surface area contributed by atoms with E-state index in [1.807, 2.05) is 18.2 Å². The number of allylic oxidation sites excluding steroid dienone is 2. The number of likely N-dealkylation sites (tertiary alicyclic amines) is 1. The Balaban J connectivity index is 0.836. The van der Waals surface area contributed by atoms with Gasteiger partial charge in [-0.3, -0.25) is 14.5 Å². The molecule has 2 aromatic rings. The van der Waals surface area contributed by atoms with Crippen LogP contribution in [0.3, 0.4) is 0 Å². The van der Waals surface area contributed by atoms with Crippen LogP contribution in [0.15, 0.2) is 60.7 Å². The van der Waals surface area contributed by atoms with Crippen molar-refractivity contribution in [2.45, 2.75) is 118 Å². The number of hydrogen-bond acceptors (Lipinski definition) is 10. The maximum absolute atomic E-state index is 13.4. The summed E-state index contributed by atoms with van der Waals surface area (Å²) in [5, 5.41) is 44.1. The number of ketones is 1. The van der Waals surface area contributed by atoms with Gasteiger partial charge in [-0.1, -0.05) is 36.4 Å². The summed E-state index contributed by atoms with van der Waals surface area (Å²) >= 11 is 0. The number of ether oxygens (including phenoxy) is 3. The van der Waals surface area contributed by atoms with Crippen molar-refractivity contribution in [1.29, 1.82) is 0 Å². The molecule has 0 amide bonds. The van der Waals surface area contributed by atoms with E-state index in [1.54, 1.807) is 12.1 Å². The van der Waals surface area contributed by atoms with Crippen LogP contribution >= 0.6 is 0 Å². The molecule has 13 heteroatoms. The van der Waals surface area contributed by atoms with Crippen molar-refractivity contribution < 1.29 is 57.4 Å². The fourth-order valence-corrected chi connectivity index (χ4v) is 10.2. The normalized spacial score (nSPS) is 32.8. The van der Waals surface area contributed by atoms with Crippen LogP contribution in [0.4, 0.5) is 13.2 Å². The van der Waals surface area contributed by atoms with Gasteiger partial charge in [-0.25, -0.2) is 0 Å². The lowest BCUT2D eigenvalue weighted by Gasteiger charge is -2.62. The third kappa shape index (κ3) is 7.18. The molecular weight excluding hydrogens is 731 g/mol. The number of halogens is 3. The minimum absolute atomic E-state index is 0.0150. The molecule has 9 atom stereocenters. The summed E-state index contributed by atoms with van der Waals surface area (Å²) in [6, 6.07) is 8.03. The summed E-state index contributed by atoms with van der Waals surface area (Å²) < 4.78 is 56.6. The zero-order valence-corrected chi connectivity index (χ0v) is 31.2. The highest BCUT2D eigenvalue weighted by atomic mass is 19.4. The molecule has 2 heterocycles. The van der Waals surface area contributed by atoms with E-state index in [4.69, 9.17) is 14.2 Å². The van der Waals surface area contributed by atoms with E-state index in [2.05, 4.69) is 4.90 Å². The quantitative estimate of drug-likeness (QED) is 0.0873. The number of unbranched alkanes of at least 4 members (excludes halogenated alkanes) is 1. The molecule has 10 nitrogen and oxygen atoms in total. The number of nitrogens with zero attached hydrogens (tertiary/aromatic N) is 1. The Hall–Kier alpha value is -3.75. The fourth-order valence-electron chi connectivity index (χ4n) is 10.2. The summed E-state index contributed by atoms with van der Waals surface area (Å²) in [7, 11) is 0. The molecule has 1 spiro atoms. The number of carbonyl (C=O) groups excluding carboxylic acids is 2. The molecule has 4 aliphatic carbocycles. The van der Waals surface area contributed by atoms with Gasteiger partial charge >= 0.3 is 12.1 Å². The zero-order chi connectivity index (χ0) is 39.4. The van der Waals surface area contributed by atoms with Gasteiger partial charge < -0.3 is 34.6 Å². The molecular formula is C43H50F3NO9. The van der Waals surface area contributed by atoms with Crippen molar-refractivity contribution in [3.63, 3.8) is 0 Å². The molecule has 0 radical (unpaired) electrons. The van der Waals surface area contributed by atoms with Crippen molar-refractivity contribution >= 4 is 11.8 Å². The number of benzene rings is 2. The van der Waals surface area contributed by atoms with E-state index in [9.17, 15) is 43.2 Å². The van der Waals surface area contributed by atoms with Gasteiger partial charge in [0.15, 0.2) is 23.4 Å². The topological polar surface area (TPSA) is 146 Å². The van der Waals surface area contributed by atoms with Gasteiger partial charge in [0.1, 0.15) is 18.5 Å². The summed E-state index contributed by atoms with van der Waals surface area (Å²) in [5.74, 6) is 0.108. The summed E-state index contributed by atoms with van der Waals surface area (Å²) in [5.41, 5.74) is -0.895. The van der Waals surface area contributed by atoms with Crippen LogP contribution in [0, 0.1) is 17.8 Å². The number of esters is 1. The lowest BCUT2D eigenvalue weighted by molar-refractivity contribution is -0.188. The Kier molecular flexibility index (Phi) is 10.6. The molecule has 4 N–H and O–H groups in total. The third-order valence-electron chi connectivity index (χ3n) is 13.1. The Morgan fingerprint density at radius 1 is 1.11 bits per heavy atom. The smallest absolute Gasteiger partial charge is 0.416 e.